The molecule has 0 bridgehead atoms. The van der Waals surface area contributed by atoms with Gasteiger partial charge in [-0.1, -0.05) is 123 Å². The summed E-state index contributed by atoms with van der Waals surface area (Å²) < 4.78 is 61.0. The van der Waals surface area contributed by atoms with Crippen LogP contribution in [0.25, 0.3) is 0 Å². The van der Waals surface area contributed by atoms with Gasteiger partial charge in [-0.15, -0.1) is 0 Å². The van der Waals surface area contributed by atoms with E-state index in [-0.39, 0.29) is 33.0 Å². The van der Waals surface area contributed by atoms with Gasteiger partial charge in [-0.2, -0.15) is 0 Å². The Morgan fingerprint density at radius 1 is 0.260 bits per heavy atom. The summed E-state index contributed by atoms with van der Waals surface area (Å²) in [7, 11) is -12.9. The molecule has 1 heterocycles. The van der Waals surface area contributed by atoms with Gasteiger partial charge in [0.1, 0.15) is 34.5 Å². The Labute approximate surface area is 430 Å². The first-order valence-electron chi connectivity index (χ1n) is 25.4. The molecule has 0 amide bonds. The van der Waals surface area contributed by atoms with Crippen molar-refractivity contribution in [2.75, 3.05) is 33.0 Å². The van der Waals surface area contributed by atoms with Crippen molar-refractivity contribution < 1.29 is 52.7 Å². The van der Waals surface area contributed by atoms with E-state index in [1.807, 2.05) is 140 Å². The highest BCUT2D eigenvalue weighted by Crippen LogP contribution is 2.79. The smallest absolute Gasteiger partial charge is 0.413 e. The molecule has 0 saturated heterocycles. The summed E-state index contributed by atoms with van der Waals surface area (Å²) in [5, 5.41) is 49.2. The maximum atomic E-state index is 9.84. The largest absolute Gasteiger partial charge is 0.460 e. The number of para-hydroxylation sites is 6. The van der Waals surface area contributed by atoms with Crippen molar-refractivity contribution in [2.45, 2.75) is 96.3 Å². The number of unbranched alkanes of at least 4 members (excludes halogenated alkanes) is 5. The quantitative estimate of drug-likeness (QED) is 0.0199. The second-order valence-electron chi connectivity index (χ2n) is 17.5. The molecule has 0 spiro atoms. The van der Waals surface area contributed by atoms with E-state index in [9.17, 15) is 25.5 Å². The molecule has 14 nitrogen and oxygen atoms in total. The summed E-state index contributed by atoms with van der Waals surface area (Å²) in [6.07, 6.45) is 9.10. The van der Waals surface area contributed by atoms with Crippen molar-refractivity contribution in [3.63, 3.8) is 0 Å². The molecule has 1 aliphatic heterocycles. The average Bonchev–Trinajstić information content (AvgIpc) is 3.39. The zero-order chi connectivity index (χ0) is 51.0. The lowest BCUT2D eigenvalue weighted by atomic mass is 10.1. The van der Waals surface area contributed by atoms with Gasteiger partial charge < -0.3 is 52.7 Å². The zero-order valence-electron chi connectivity index (χ0n) is 41.4. The van der Waals surface area contributed by atoms with Gasteiger partial charge in [0.25, 0.3) is 0 Å². The number of benzene rings is 6. The normalized spacial score (nSPS) is 15.5. The number of aliphatic hydroxyl groups is 5. The number of aryl methyl sites for hydroxylation is 5. The van der Waals surface area contributed by atoms with Crippen LogP contribution >= 0.6 is 23.0 Å². The maximum absolute atomic E-state index is 9.84. The van der Waals surface area contributed by atoms with Gasteiger partial charge in [0.05, 0.1) is 0 Å². The van der Waals surface area contributed by atoms with E-state index < -0.39 is 23.0 Å². The summed E-state index contributed by atoms with van der Waals surface area (Å²) in [5.74, 6) is 2.59. The highest BCUT2D eigenvalue weighted by Gasteiger charge is 2.49. The number of nitrogens with zero attached hydrogens (tertiary/aromatic N) is 3. The molecule has 1 unspecified atom stereocenters. The lowest BCUT2D eigenvalue weighted by Gasteiger charge is -2.34. The first-order chi connectivity index (χ1) is 35.8. The van der Waals surface area contributed by atoms with Gasteiger partial charge in [-0.05, 0) is 167 Å². The van der Waals surface area contributed by atoms with E-state index in [1.54, 1.807) is 12.1 Å². The summed E-state index contributed by atoms with van der Waals surface area (Å²) in [4.78, 5) is 0. The van der Waals surface area contributed by atoms with E-state index >= 15 is 0 Å². The lowest BCUT2D eigenvalue weighted by Crippen LogP contribution is -2.13. The molecule has 0 aliphatic carbocycles. The van der Waals surface area contributed by atoms with Crippen molar-refractivity contribution in [1.29, 1.82) is 0 Å². The first-order valence-corrected chi connectivity index (χ1v) is 30.0. The second-order valence-corrected chi connectivity index (χ2v) is 23.7. The SMILES string of the molecule is OCCCCc1ccccc1OP1(Oc2ccccc2)=NP(Oc2ccccc2CCCCO)(Oc2ccccc2CCCCO)=NP(Oc2ccccc2CCCCO)(Oc2ccccc2CCCCO)=N1. The van der Waals surface area contributed by atoms with E-state index in [1.165, 1.54) is 0 Å². The Morgan fingerprint density at radius 3 is 0.726 bits per heavy atom. The standard InChI is InChI=1S/C56H70N3O11P3/c60-41-19-14-29-46-24-4-9-36-52(46)66-71(65-51-34-2-1-3-35-51)57-72(67-53-37-10-5-25-47(53)30-15-20-42-61,68-54-38-11-6-26-48(54)31-16-21-43-62)59-73(58-71,69-55-39-12-7-27-49(55)32-17-22-44-63)70-56-40-13-8-28-50(56)33-18-23-45-64/h1-13,24-28,34-40,60-64H,14-23,29-33,41-45H2. The Hall–Kier alpha value is -5.39. The summed E-state index contributed by atoms with van der Waals surface area (Å²) in [6.45, 7) is 0.189. The minimum Gasteiger partial charge on any atom is -0.413 e. The van der Waals surface area contributed by atoms with Crippen LogP contribution in [0, 0.1) is 0 Å². The van der Waals surface area contributed by atoms with Crippen LogP contribution in [-0.4, -0.2) is 58.6 Å². The molecule has 0 saturated carbocycles. The van der Waals surface area contributed by atoms with Crippen molar-refractivity contribution >= 4 is 23.0 Å². The third-order valence-electron chi connectivity index (χ3n) is 11.9. The second kappa shape index (κ2) is 28.9. The van der Waals surface area contributed by atoms with Crippen LogP contribution in [0.5, 0.6) is 34.5 Å². The van der Waals surface area contributed by atoms with Crippen molar-refractivity contribution in [1.82, 2.24) is 0 Å². The molecule has 17 heteroatoms. The van der Waals surface area contributed by atoms with Crippen LogP contribution in [0.2, 0.25) is 0 Å². The van der Waals surface area contributed by atoms with E-state index in [2.05, 4.69) is 0 Å². The number of aliphatic hydroxyl groups excluding tert-OH is 5. The van der Waals surface area contributed by atoms with E-state index in [0.717, 1.165) is 27.8 Å². The molecule has 5 N–H and O–H groups in total. The molecule has 6 aromatic rings. The van der Waals surface area contributed by atoms with Gasteiger partial charge in [0.2, 0.25) is 0 Å². The highest BCUT2D eigenvalue weighted by atomic mass is 31.3. The number of rotatable bonds is 32. The van der Waals surface area contributed by atoms with Crippen LogP contribution in [-0.2, 0) is 32.1 Å². The Balaban J connectivity index is 1.61. The molecule has 1 atom stereocenters. The van der Waals surface area contributed by atoms with Crippen molar-refractivity contribution in [3.8, 4) is 34.5 Å². The fraction of sp³-hybridized carbons (Fsp3) is 0.357. The molecule has 6 aromatic carbocycles. The third kappa shape index (κ3) is 16.3. The van der Waals surface area contributed by atoms with Gasteiger partial charge >= 0.3 is 23.0 Å². The van der Waals surface area contributed by atoms with Gasteiger partial charge in [0.15, 0.2) is 0 Å². The number of hydrogen-bond donors (Lipinski definition) is 5. The molecular formula is C56H70N3O11P3. The topological polar surface area (TPSA) is 194 Å². The monoisotopic (exact) mass is 1050 g/mol. The summed E-state index contributed by atoms with van der Waals surface area (Å²) in [5.41, 5.74) is 4.17. The Morgan fingerprint density at radius 2 is 0.479 bits per heavy atom. The fourth-order valence-electron chi connectivity index (χ4n) is 8.15. The van der Waals surface area contributed by atoms with E-state index in [4.69, 9.17) is 40.7 Å². The Kier molecular flexibility index (Phi) is 21.9. The minimum atomic E-state index is -4.32. The Bertz CT molecular complexity index is 2580. The van der Waals surface area contributed by atoms with Crippen molar-refractivity contribution in [2.24, 2.45) is 13.5 Å². The predicted octanol–water partition coefficient (Wildman–Crippen LogP) is 13.9. The van der Waals surface area contributed by atoms with Crippen LogP contribution in [0.1, 0.15) is 92.0 Å². The molecule has 7 rings (SSSR count). The minimum absolute atomic E-state index is 0.0373. The lowest BCUT2D eigenvalue weighted by molar-refractivity contribution is 0.284. The molecule has 1 aliphatic rings. The fourth-order valence-corrected chi connectivity index (χ4v) is 17.4. The van der Waals surface area contributed by atoms with Gasteiger partial charge in [0, 0.05) is 33.0 Å². The van der Waals surface area contributed by atoms with E-state index in [0.29, 0.717) is 131 Å². The molecular weight excluding hydrogens is 984 g/mol. The third-order valence-corrected chi connectivity index (χ3v) is 19.9. The first kappa shape index (κ1) is 55.4. The molecule has 73 heavy (non-hydrogen) atoms. The van der Waals surface area contributed by atoms with Crippen LogP contribution in [0.15, 0.2) is 165 Å². The summed E-state index contributed by atoms with van der Waals surface area (Å²) in [6, 6.07) is 47.4. The van der Waals surface area contributed by atoms with Crippen LogP contribution in [0.4, 0.5) is 0 Å². The number of hydrogen-bond acceptors (Lipinski definition) is 14. The molecule has 0 radical (unpaired) electrons. The van der Waals surface area contributed by atoms with Gasteiger partial charge in [-0.25, -0.2) is 0 Å². The molecule has 390 valence electrons. The zero-order valence-corrected chi connectivity index (χ0v) is 44.1. The van der Waals surface area contributed by atoms with Gasteiger partial charge in [-0.3, -0.25) is 0 Å². The molecule has 0 fully saturated rings. The van der Waals surface area contributed by atoms with Crippen LogP contribution in [0.3, 0.4) is 0 Å². The highest BCUT2D eigenvalue weighted by molar-refractivity contribution is 7.79. The summed E-state index contributed by atoms with van der Waals surface area (Å²) >= 11 is 0. The maximum Gasteiger partial charge on any atom is 0.460 e. The van der Waals surface area contributed by atoms with Crippen molar-refractivity contribution in [3.05, 3.63) is 179 Å². The van der Waals surface area contributed by atoms with Crippen LogP contribution < -0.4 is 27.1 Å². The predicted molar refractivity (Wildman–Crippen MR) is 291 cm³/mol. The molecule has 0 aromatic heterocycles. The average molecular weight is 1050 g/mol.